The highest BCUT2D eigenvalue weighted by atomic mass is 16.3. The van der Waals surface area contributed by atoms with E-state index < -0.39 is 6.10 Å². The lowest BCUT2D eigenvalue weighted by Crippen LogP contribution is -2.47. The van der Waals surface area contributed by atoms with Crippen molar-refractivity contribution in [2.24, 2.45) is 5.41 Å². The van der Waals surface area contributed by atoms with Crippen LogP contribution in [0, 0.1) is 5.41 Å². The first kappa shape index (κ1) is 11.5. The van der Waals surface area contributed by atoms with Gasteiger partial charge in [0.15, 0.2) is 0 Å². The van der Waals surface area contributed by atoms with Gasteiger partial charge in [0.1, 0.15) is 0 Å². The molecule has 1 rings (SSSR count). The van der Waals surface area contributed by atoms with Crippen LogP contribution in [-0.4, -0.2) is 23.2 Å². The molecule has 3 heteroatoms. The number of nitrogens with one attached hydrogen (secondary N) is 1. The zero-order valence-corrected chi connectivity index (χ0v) is 9.34. The van der Waals surface area contributed by atoms with Crippen LogP contribution in [0.4, 0.5) is 0 Å². The van der Waals surface area contributed by atoms with E-state index in [2.05, 4.69) is 26.1 Å². The first-order valence-corrected chi connectivity index (χ1v) is 5.36. The monoisotopic (exact) mass is 199 g/mol. The summed E-state index contributed by atoms with van der Waals surface area (Å²) in [7, 11) is 0. The van der Waals surface area contributed by atoms with Crippen molar-refractivity contribution < 1.29 is 9.90 Å². The molecular weight excluding hydrogens is 178 g/mol. The molecule has 1 aliphatic rings. The van der Waals surface area contributed by atoms with Crippen LogP contribution in [0.3, 0.4) is 0 Å². The summed E-state index contributed by atoms with van der Waals surface area (Å²) in [6.45, 7) is 6.29. The van der Waals surface area contributed by atoms with E-state index in [0.717, 1.165) is 19.3 Å². The highest BCUT2D eigenvalue weighted by Gasteiger charge is 2.27. The Morgan fingerprint density at radius 1 is 1.57 bits per heavy atom. The zero-order valence-electron chi connectivity index (χ0n) is 9.34. The van der Waals surface area contributed by atoms with Gasteiger partial charge >= 0.3 is 0 Å². The van der Waals surface area contributed by atoms with Crippen LogP contribution in [0.2, 0.25) is 0 Å². The summed E-state index contributed by atoms with van der Waals surface area (Å²) >= 11 is 0. The number of amides is 1. The summed E-state index contributed by atoms with van der Waals surface area (Å²) in [6.07, 6.45) is 2.75. The van der Waals surface area contributed by atoms with Gasteiger partial charge in [-0.05, 0) is 24.7 Å². The Bertz CT molecular complexity index is 208. The Kier molecular flexibility index (Phi) is 3.53. The van der Waals surface area contributed by atoms with Crippen LogP contribution in [0.15, 0.2) is 0 Å². The molecular formula is C11H21NO2. The predicted molar refractivity (Wildman–Crippen MR) is 55.9 cm³/mol. The predicted octanol–water partition coefficient (Wildman–Crippen LogP) is 1.45. The SMILES string of the molecule is CC(C)(C)C[C@@H](O)[C@H]1CCCC(=O)N1. The normalized spacial score (nSPS) is 25.7. The fraction of sp³-hybridized carbons (Fsp3) is 0.909. The van der Waals surface area contributed by atoms with Crippen molar-refractivity contribution in [2.75, 3.05) is 0 Å². The number of piperidine rings is 1. The average molecular weight is 199 g/mol. The molecule has 2 N–H and O–H groups in total. The van der Waals surface area contributed by atoms with Crippen LogP contribution in [0.1, 0.15) is 46.5 Å². The maximum atomic E-state index is 11.1. The van der Waals surface area contributed by atoms with Gasteiger partial charge in [0, 0.05) is 6.42 Å². The van der Waals surface area contributed by atoms with Gasteiger partial charge in [0.2, 0.25) is 5.91 Å². The summed E-state index contributed by atoms with van der Waals surface area (Å²) in [5.41, 5.74) is 0.113. The van der Waals surface area contributed by atoms with Gasteiger partial charge in [-0.1, -0.05) is 20.8 Å². The number of hydrogen-bond acceptors (Lipinski definition) is 2. The Labute approximate surface area is 85.9 Å². The van der Waals surface area contributed by atoms with E-state index in [9.17, 15) is 9.90 Å². The van der Waals surface area contributed by atoms with E-state index >= 15 is 0 Å². The second-order valence-corrected chi connectivity index (χ2v) is 5.40. The molecule has 0 aliphatic carbocycles. The number of hydrogen-bond donors (Lipinski definition) is 2. The lowest BCUT2D eigenvalue weighted by Gasteiger charge is -2.31. The fourth-order valence-corrected chi connectivity index (χ4v) is 1.89. The number of aliphatic hydroxyl groups is 1. The van der Waals surface area contributed by atoms with Crippen molar-refractivity contribution in [1.82, 2.24) is 5.32 Å². The number of carbonyl (C=O) groups excluding carboxylic acids is 1. The second-order valence-electron chi connectivity index (χ2n) is 5.40. The van der Waals surface area contributed by atoms with Crippen molar-refractivity contribution in [1.29, 1.82) is 0 Å². The van der Waals surface area contributed by atoms with Gasteiger partial charge in [-0.15, -0.1) is 0 Å². The highest BCUT2D eigenvalue weighted by Crippen LogP contribution is 2.24. The summed E-state index contributed by atoms with van der Waals surface area (Å²) in [6, 6.07) is -0.0320. The third-order valence-corrected chi connectivity index (χ3v) is 2.55. The standard InChI is InChI=1S/C11H21NO2/c1-11(2,3)7-9(13)8-5-4-6-10(14)12-8/h8-9,13H,4-7H2,1-3H3,(H,12,14)/t8-,9-/m1/s1. The van der Waals surface area contributed by atoms with Gasteiger partial charge in [-0.2, -0.15) is 0 Å². The molecule has 0 aromatic heterocycles. The number of carbonyl (C=O) groups is 1. The molecule has 0 unspecified atom stereocenters. The Morgan fingerprint density at radius 2 is 2.21 bits per heavy atom. The van der Waals surface area contributed by atoms with E-state index in [1.54, 1.807) is 0 Å². The molecule has 0 bridgehead atoms. The minimum atomic E-state index is -0.403. The van der Waals surface area contributed by atoms with E-state index in [0.29, 0.717) is 6.42 Å². The van der Waals surface area contributed by atoms with Crippen LogP contribution in [0.25, 0.3) is 0 Å². The highest BCUT2D eigenvalue weighted by molar-refractivity contribution is 5.77. The van der Waals surface area contributed by atoms with Gasteiger partial charge in [0.25, 0.3) is 0 Å². The second kappa shape index (κ2) is 4.30. The molecule has 0 radical (unpaired) electrons. The van der Waals surface area contributed by atoms with Gasteiger partial charge in [-0.25, -0.2) is 0 Å². The quantitative estimate of drug-likeness (QED) is 0.707. The summed E-state index contributed by atoms with van der Waals surface area (Å²) in [5.74, 6) is 0.0780. The molecule has 0 saturated carbocycles. The van der Waals surface area contributed by atoms with Crippen molar-refractivity contribution in [3.8, 4) is 0 Å². The molecule has 82 valence electrons. The molecule has 3 nitrogen and oxygen atoms in total. The smallest absolute Gasteiger partial charge is 0.220 e. The first-order chi connectivity index (χ1) is 6.38. The van der Waals surface area contributed by atoms with Crippen LogP contribution >= 0.6 is 0 Å². The van der Waals surface area contributed by atoms with Crippen molar-refractivity contribution in [3.05, 3.63) is 0 Å². The summed E-state index contributed by atoms with van der Waals surface area (Å²) < 4.78 is 0. The molecule has 1 saturated heterocycles. The summed E-state index contributed by atoms with van der Waals surface area (Å²) in [4.78, 5) is 11.1. The molecule has 1 aliphatic heterocycles. The molecule has 1 heterocycles. The third kappa shape index (κ3) is 3.66. The average Bonchev–Trinajstić information content (AvgIpc) is 2.01. The number of aliphatic hydroxyl groups excluding tert-OH is 1. The van der Waals surface area contributed by atoms with E-state index in [1.807, 2.05) is 0 Å². The minimum Gasteiger partial charge on any atom is -0.391 e. The molecule has 0 aromatic carbocycles. The Morgan fingerprint density at radius 3 is 2.71 bits per heavy atom. The molecule has 14 heavy (non-hydrogen) atoms. The minimum absolute atomic E-state index is 0.0320. The molecule has 2 atom stereocenters. The maximum Gasteiger partial charge on any atom is 0.220 e. The van der Waals surface area contributed by atoms with Gasteiger partial charge in [0.05, 0.1) is 12.1 Å². The Balaban J connectivity index is 2.43. The number of rotatable bonds is 2. The van der Waals surface area contributed by atoms with E-state index in [4.69, 9.17) is 0 Å². The van der Waals surface area contributed by atoms with Gasteiger partial charge < -0.3 is 10.4 Å². The van der Waals surface area contributed by atoms with Crippen LogP contribution in [-0.2, 0) is 4.79 Å². The van der Waals surface area contributed by atoms with Crippen LogP contribution < -0.4 is 5.32 Å². The molecule has 1 fully saturated rings. The largest absolute Gasteiger partial charge is 0.391 e. The zero-order chi connectivity index (χ0) is 10.8. The van der Waals surface area contributed by atoms with Crippen molar-refractivity contribution in [3.63, 3.8) is 0 Å². The van der Waals surface area contributed by atoms with Crippen LogP contribution in [0.5, 0.6) is 0 Å². The first-order valence-electron chi connectivity index (χ1n) is 5.36. The Hall–Kier alpha value is -0.570. The third-order valence-electron chi connectivity index (χ3n) is 2.55. The maximum absolute atomic E-state index is 11.1. The van der Waals surface area contributed by atoms with Crippen molar-refractivity contribution >= 4 is 5.91 Å². The molecule has 0 spiro atoms. The summed E-state index contributed by atoms with van der Waals surface area (Å²) in [5, 5.41) is 12.8. The van der Waals surface area contributed by atoms with E-state index in [-0.39, 0.29) is 17.4 Å². The van der Waals surface area contributed by atoms with Gasteiger partial charge in [-0.3, -0.25) is 4.79 Å². The van der Waals surface area contributed by atoms with Crippen molar-refractivity contribution in [2.45, 2.75) is 58.6 Å². The fourth-order valence-electron chi connectivity index (χ4n) is 1.89. The van der Waals surface area contributed by atoms with E-state index in [1.165, 1.54) is 0 Å². The lowest BCUT2D eigenvalue weighted by atomic mass is 9.85. The molecule has 0 aromatic rings. The molecule has 1 amide bonds. The lowest BCUT2D eigenvalue weighted by molar-refractivity contribution is -0.124. The topological polar surface area (TPSA) is 49.3 Å².